The Kier molecular flexibility index (Phi) is 4.22. The SMILES string of the molecule is CCCC(=O)N1CCN(c2cnn3c(CC)nnc3c2)CC1. The maximum absolute atomic E-state index is 11.9. The molecule has 7 heteroatoms. The topological polar surface area (TPSA) is 66.6 Å². The largest absolute Gasteiger partial charge is 0.367 e. The van der Waals surface area contributed by atoms with Crippen molar-refractivity contribution in [2.75, 3.05) is 31.1 Å². The summed E-state index contributed by atoms with van der Waals surface area (Å²) in [6.07, 6.45) is 4.23. The van der Waals surface area contributed by atoms with E-state index in [9.17, 15) is 4.79 Å². The van der Waals surface area contributed by atoms with Crippen LogP contribution in [0.15, 0.2) is 12.3 Å². The van der Waals surface area contributed by atoms with Gasteiger partial charge < -0.3 is 9.80 Å². The normalized spacial score (nSPS) is 15.5. The highest BCUT2D eigenvalue weighted by Crippen LogP contribution is 2.17. The summed E-state index contributed by atoms with van der Waals surface area (Å²) in [5.74, 6) is 1.14. The molecule has 0 aliphatic carbocycles. The molecule has 0 spiro atoms. The number of aryl methyl sites for hydroxylation is 1. The molecule has 0 N–H and O–H groups in total. The van der Waals surface area contributed by atoms with Gasteiger partial charge in [0.1, 0.15) is 0 Å². The second-order valence-electron chi connectivity index (χ2n) is 5.57. The zero-order valence-corrected chi connectivity index (χ0v) is 13.2. The van der Waals surface area contributed by atoms with Gasteiger partial charge in [0.25, 0.3) is 0 Å². The Morgan fingerprint density at radius 1 is 1.18 bits per heavy atom. The first-order chi connectivity index (χ1) is 10.7. The van der Waals surface area contributed by atoms with Crippen molar-refractivity contribution >= 4 is 17.2 Å². The molecule has 7 nitrogen and oxygen atoms in total. The quantitative estimate of drug-likeness (QED) is 0.847. The summed E-state index contributed by atoms with van der Waals surface area (Å²) in [6, 6.07) is 2.02. The molecule has 1 aliphatic rings. The van der Waals surface area contributed by atoms with Gasteiger partial charge in [0.2, 0.25) is 5.91 Å². The van der Waals surface area contributed by atoms with Crippen LogP contribution in [0.4, 0.5) is 5.69 Å². The van der Waals surface area contributed by atoms with Crippen LogP contribution in [0, 0.1) is 0 Å². The molecule has 1 saturated heterocycles. The van der Waals surface area contributed by atoms with Gasteiger partial charge in [-0.2, -0.15) is 9.61 Å². The van der Waals surface area contributed by atoms with Crippen LogP contribution in [0.1, 0.15) is 32.5 Å². The Morgan fingerprint density at radius 2 is 1.95 bits per heavy atom. The lowest BCUT2D eigenvalue weighted by molar-refractivity contribution is -0.131. The molecule has 0 radical (unpaired) electrons. The van der Waals surface area contributed by atoms with Crippen LogP contribution < -0.4 is 4.90 Å². The molecule has 1 amide bonds. The van der Waals surface area contributed by atoms with Crippen molar-refractivity contribution in [3.63, 3.8) is 0 Å². The number of piperazine rings is 1. The van der Waals surface area contributed by atoms with Gasteiger partial charge in [-0.05, 0) is 6.42 Å². The van der Waals surface area contributed by atoms with Crippen LogP contribution in [-0.2, 0) is 11.2 Å². The van der Waals surface area contributed by atoms with Crippen molar-refractivity contribution < 1.29 is 4.79 Å². The Hall–Kier alpha value is -2.18. The molecular formula is C15H22N6O. The highest BCUT2D eigenvalue weighted by atomic mass is 16.2. The lowest BCUT2D eigenvalue weighted by Crippen LogP contribution is -2.48. The first-order valence-corrected chi connectivity index (χ1v) is 7.96. The molecule has 2 aromatic heterocycles. The predicted octanol–water partition coefficient (Wildman–Crippen LogP) is 1.14. The highest BCUT2D eigenvalue weighted by molar-refractivity contribution is 5.76. The minimum absolute atomic E-state index is 0.265. The lowest BCUT2D eigenvalue weighted by Gasteiger charge is -2.35. The number of carbonyl (C=O) groups excluding carboxylic acids is 1. The molecule has 3 heterocycles. The van der Waals surface area contributed by atoms with Crippen molar-refractivity contribution in [1.29, 1.82) is 0 Å². The Labute approximate surface area is 129 Å². The number of anilines is 1. The van der Waals surface area contributed by atoms with Gasteiger partial charge in [0.15, 0.2) is 11.5 Å². The molecule has 1 fully saturated rings. The van der Waals surface area contributed by atoms with E-state index in [1.165, 1.54) is 0 Å². The van der Waals surface area contributed by atoms with Crippen LogP contribution in [0.2, 0.25) is 0 Å². The van der Waals surface area contributed by atoms with E-state index in [4.69, 9.17) is 0 Å². The Bertz CT molecular complexity index is 659. The van der Waals surface area contributed by atoms with Crippen LogP contribution in [0.25, 0.3) is 5.65 Å². The molecule has 0 atom stereocenters. The summed E-state index contributed by atoms with van der Waals surface area (Å²) in [5, 5.41) is 12.7. The third-order valence-corrected chi connectivity index (χ3v) is 4.09. The zero-order chi connectivity index (χ0) is 15.5. The van der Waals surface area contributed by atoms with Crippen molar-refractivity contribution in [2.24, 2.45) is 0 Å². The van der Waals surface area contributed by atoms with E-state index in [1.54, 1.807) is 4.52 Å². The third kappa shape index (κ3) is 2.75. The molecule has 118 valence electrons. The maximum atomic E-state index is 11.9. The summed E-state index contributed by atoms with van der Waals surface area (Å²) in [6.45, 7) is 7.30. The summed E-state index contributed by atoms with van der Waals surface area (Å²) in [4.78, 5) is 16.1. The molecular weight excluding hydrogens is 280 g/mol. The summed E-state index contributed by atoms with van der Waals surface area (Å²) >= 11 is 0. The first kappa shape index (κ1) is 14.7. The summed E-state index contributed by atoms with van der Waals surface area (Å²) < 4.78 is 1.78. The minimum atomic E-state index is 0.265. The fourth-order valence-corrected chi connectivity index (χ4v) is 2.81. The zero-order valence-electron chi connectivity index (χ0n) is 13.2. The van der Waals surface area contributed by atoms with Crippen molar-refractivity contribution in [3.05, 3.63) is 18.1 Å². The smallest absolute Gasteiger partial charge is 0.222 e. The highest BCUT2D eigenvalue weighted by Gasteiger charge is 2.21. The number of amides is 1. The molecule has 22 heavy (non-hydrogen) atoms. The van der Waals surface area contributed by atoms with E-state index in [1.807, 2.05) is 31.0 Å². The molecule has 0 unspecified atom stereocenters. The first-order valence-electron chi connectivity index (χ1n) is 7.96. The van der Waals surface area contributed by atoms with E-state index < -0.39 is 0 Å². The number of nitrogens with zero attached hydrogens (tertiary/aromatic N) is 6. The Balaban J connectivity index is 1.69. The van der Waals surface area contributed by atoms with Gasteiger partial charge in [0, 0.05) is 45.1 Å². The summed E-state index contributed by atoms with van der Waals surface area (Å²) in [5.41, 5.74) is 1.82. The average Bonchev–Trinajstić information content (AvgIpc) is 2.97. The van der Waals surface area contributed by atoms with Crippen molar-refractivity contribution in [2.45, 2.75) is 33.1 Å². The predicted molar refractivity (Wildman–Crippen MR) is 83.9 cm³/mol. The number of hydrogen-bond acceptors (Lipinski definition) is 5. The van der Waals surface area contributed by atoms with Gasteiger partial charge in [-0.1, -0.05) is 13.8 Å². The maximum Gasteiger partial charge on any atom is 0.222 e. The fourth-order valence-electron chi connectivity index (χ4n) is 2.81. The van der Waals surface area contributed by atoms with Crippen molar-refractivity contribution in [3.8, 4) is 0 Å². The number of hydrogen-bond donors (Lipinski definition) is 0. The van der Waals surface area contributed by atoms with Crippen LogP contribution in [0.3, 0.4) is 0 Å². The van der Waals surface area contributed by atoms with Gasteiger partial charge in [0.05, 0.1) is 11.9 Å². The molecule has 0 saturated carbocycles. The minimum Gasteiger partial charge on any atom is -0.367 e. The second kappa shape index (κ2) is 6.29. The molecule has 2 aromatic rings. The van der Waals surface area contributed by atoms with Gasteiger partial charge in [-0.3, -0.25) is 4.79 Å². The number of aromatic nitrogens is 4. The number of rotatable bonds is 4. The molecule has 0 aromatic carbocycles. The van der Waals surface area contributed by atoms with Gasteiger partial charge in [-0.15, -0.1) is 10.2 Å². The number of carbonyl (C=O) groups is 1. The van der Waals surface area contributed by atoms with Gasteiger partial charge >= 0.3 is 0 Å². The van der Waals surface area contributed by atoms with Gasteiger partial charge in [-0.25, -0.2) is 0 Å². The molecule has 3 rings (SSSR count). The van der Waals surface area contributed by atoms with E-state index in [2.05, 4.69) is 20.2 Å². The monoisotopic (exact) mass is 302 g/mol. The van der Waals surface area contributed by atoms with Crippen LogP contribution in [-0.4, -0.2) is 56.8 Å². The van der Waals surface area contributed by atoms with E-state index in [0.717, 1.165) is 56.2 Å². The fraction of sp³-hybridized carbons (Fsp3) is 0.600. The number of fused-ring (bicyclic) bond motifs is 1. The van der Waals surface area contributed by atoms with E-state index >= 15 is 0 Å². The Morgan fingerprint density at radius 3 is 2.64 bits per heavy atom. The lowest BCUT2D eigenvalue weighted by atomic mass is 10.2. The van der Waals surface area contributed by atoms with E-state index in [-0.39, 0.29) is 5.91 Å². The second-order valence-corrected chi connectivity index (χ2v) is 5.57. The molecule has 1 aliphatic heterocycles. The van der Waals surface area contributed by atoms with E-state index in [0.29, 0.717) is 6.42 Å². The average molecular weight is 302 g/mol. The third-order valence-electron chi connectivity index (χ3n) is 4.09. The van der Waals surface area contributed by atoms with Crippen molar-refractivity contribution in [1.82, 2.24) is 24.7 Å². The van der Waals surface area contributed by atoms with Crippen LogP contribution in [0.5, 0.6) is 0 Å². The molecule has 0 bridgehead atoms. The van der Waals surface area contributed by atoms with Crippen LogP contribution >= 0.6 is 0 Å². The standard InChI is InChI=1S/C15H22N6O/c1-3-5-15(22)20-8-6-19(7-9-20)12-10-14-18-17-13(4-2)21(14)16-11-12/h10-11H,3-9H2,1-2H3. The summed E-state index contributed by atoms with van der Waals surface area (Å²) in [7, 11) is 0.